The van der Waals surface area contributed by atoms with Gasteiger partial charge < -0.3 is 10.1 Å². The van der Waals surface area contributed by atoms with Gasteiger partial charge in [-0.15, -0.1) is 0 Å². The molecule has 2 aromatic carbocycles. The largest absolute Gasteiger partial charge is 0.373 e. The number of aromatic nitrogens is 2. The van der Waals surface area contributed by atoms with Gasteiger partial charge in [0.25, 0.3) is 5.91 Å². The first-order valence-corrected chi connectivity index (χ1v) is 10.4. The Hall–Kier alpha value is -2.96. The minimum atomic E-state index is -0.100. The minimum Gasteiger partial charge on any atom is -0.373 e. The number of rotatable bonds is 6. The second-order valence-corrected chi connectivity index (χ2v) is 7.96. The molecule has 156 valence electrons. The molecule has 2 atom stereocenters. The molecule has 0 bridgehead atoms. The fourth-order valence-electron chi connectivity index (χ4n) is 3.97. The van der Waals surface area contributed by atoms with Crippen LogP contribution in [0.15, 0.2) is 67.0 Å². The van der Waals surface area contributed by atoms with Crippen LogP contribution in [0.2, 0.25) is 0 Å². The molecule has 2 heterocycles. The maximum atomic E-state index is 12.8. The Bertz CT molecular complexity index is 959. The summed E-state index contributed by atoms with van der Waals surface area (Å²) in [5.41, 5.74) is 3.71. The SMILES string of the molecule is CC1CN(Cc2ccccc2NC(=O)c2ccc(Cn3cccn3)cc2)CC(C)O1. The van der Waals surface area contributed by atoms with Gasteiger partial charge >= 0.3 is 0 Å². The summed E-state index contributed by atoms with van der Waals surface area (Å²) in [4.78, 5) is 15.2. The van der Waals surface area contributed by atoms with E-state index in [0.717, 1.165) is 36.4 Å². The van der Waals surface area contributed by atoms with E-state index < -0.39 is 0 Å². The van der Waals surface area contributed by atoms with Crippen molar-refractivity contribution < 1.29 is 9.53 Å². The summed E-state index contributed by atoms with van der Waals surface area (Å²) in [6.45, 7) is 7.47. The number of anilines is 1. The highest BCUT2D eigenvalue weighted by atomic mass is 16.5. The van der Waals surface area contributed by atoms with Gasteiger partial charge in [-0.1, -0.05) is 30.3 Å². The maximum absolute atomic E-state index is 12.8. The number of nitrogens with zero attached hydrogens (tertiary/aromatic N) is 3. The molecular formula is C24H28N4O2. The number of ether oxygens (including phenoxy) is 1. The van der Waals surface area contributed by atoms with E-state index in [2.05, 4.69) is 35.2 Å². The Balaban J connectivity index is 1.42. The highest BCUT2D eigenvalue weighted by Gasteiger charge is 2.23. The smallest absolute Gasteiger partial charge is 0.255 e. The highest BCUT2D eigenvalue weighted by Crippen LogP contribution is 2.21. The third-order valence-corrected chi connectivity index (χ3v) is 5.27. The van der Waals surface area contributed by atoms with E-state index >= 15 is 0 Å². The van der Waals surface area contributed by atoms with E-state index in [1.807, 2.05) is 59.4 Å². The number of nitrogens with one attached hydrogen (secondary N) is 1. The quantitative estimate of drug-likeness (QED) is 0.679. The van der Waals surface area contributed by atoms with Gasteiger partial charge in [0, 0.05) is 43.3 Å². The van der Waals surface area contributed by atoms with Gasteiger partial charge in [0.15, 0.2) is 0 Å². The number of amides is 1. The molecule has 0 saturated carbocycles. The minimum absolute atomic E-state index is 0.100. The van der Waals surface area contributed by atoms with E-state index in [-0.39, 0.29) is 18.1 Å². The van der Waals surface area contributed by atoms with Crippen LogP contribution < -0.4 is 5.32 Å². The first kappa shape index (κ1) is 20.3. The van der Waals surface area contributed by atoms with Crippen molar-refractivity contribution in [2.45, 2.75) is 39.1 Å². The summed E-state index contributed by atoms with van der Waals surface area (Å²) in [6.07, 6.45) is 4.12. The lowest BCUT2D eigenvalue weighted by Crippen LogP contribution is -2.44. The lowest BCUT2D eigenvalue weighted by Gasteiger charge is -2.35. The first-order chi connectivity index (χ1) is 14.6. The molecular weight excluding hydrogens is 376 g/mol. The van der Waals surface area contributed by atoms with Crippen LogP contribution in [0, 0.1) is 0 Å². The number of morpholine rings is 1. The summed E-state index contributed by atoms with van der Waals surface area (Å²) >= 11 is 0. The van der Waals surface area contributed by atoms with E-state index in [1.54, 1.807) is 6.20 Å². The maximum Gasteiger partial charge on any atom is 0.255 e. The van der Waals surface area contributed by atoms with Crippen molar-refractivity contribution in [1.82, 2.24) is 14.7 Å². The Kier molecular flexibility index (Phi) is 6.26. The zero-order valence-electron chi connectivity index (χ0n) is 17.5. The summed E-state index contributed by atoms with van der Waals surface area (Å²) in [5.74, 6) is -0.100. The Morgan fingerprint density at radius 1 is 1.03 bits per heavy atom. The predicted octanol–water partition coefficient (Wildman–Crippen LogP) is 3.79. The molecule has 1 aromatic heterocycles. The molecule has 0 spiro atoms. The van der Waals surface area contributed by atoms with Gasteiger partial charge in [-0.2, -0.15) is 5.10 Å². The molecule has 0 radical (unpaired) electrons. The summed E-state index contributed by atoms with van der Waals surface area (Å²) in [6, 6.07) is 17.6. The van der Waals surface area contributed by atoms with Crippen LogP contribution in [0.5, 0.6) is 0 Å². The molecule has 6 heteroatoms. The van der Waals surface area contributed by atoms with Crippen molar-refractivity contribution in [2.24, 2.45) is 0 Å². The molecule has 0 aliphatic carbocycles. The standard InChI is InChI=1S/C24H28N4O2/c1-18-14-27(15-19(2)30-18)17-22-6-3-4-7-23(22)26-24(29)21-10-8-20(9-11-21)16-28-13-5-12-25-28/h3-13,18-19H,14-17H2,1-2H3,(H,26,29). The van der Waals surface area contributed by atoms with Crippen molar-refractivity contribution in [2.75, 3.05) is 18.4 Å². The lowest BCUT2D eigenvalue weighted by atomic mass is 10.1. The third kappa shape index (κ3) is 5.14. The van der Waals surface area contributed by atoms with Crippen LogP contribution in [-0.2, 0) is 17.8 Å². The predicted molar refractivity (Wildman–Crippen MR) is 117 cm³/mol. The van der Waals surface area contributed by atoms with Gasteiger partial charge in [-0.05, 0) is 49.2 Å². The second kappa shape index (κ2) is 9.24. The van der Waals surface area contributed by atoms with E-state index in [0.29, 0.717) is 12.1 Å². The van der Waals surface area contributed by atoms with E-state index in [4.69, 9.17) is 4.74 Å². The fourth-order valence-corrected chi connectivity index (χ4v) is 3.97. The molecule has 30 heavy (non-hydrogen) atoms. The summed E-state index contributed by atoms with van der Waals surface area (Å²) in [5, 5.41) is 7.31. The van der Waals surface area contributed by atoms with Crippen molar-refractivity contribution >= 4 is 11.6 Å². The first-order valence-electron chi connectivity index (χ1n) is 10.4. The molecule has 1 amide bonds. The fraction of sp³-hybridized carbons (Fsp3) is 0.333. The molecule has 3 aromatic rings. The number of carbonyl (C=O) groups is 1. The average molecular weight is 405 g/mol. The van der Waals surface area contributed by atoms with Gasteiger partial charge in [0.1, 0.15) is 0 Å². The topological polar surface area (TPSA) is 59.4 Å². The molecule has 1 fully saturated rings. The normalized spacial score (nSPS) is 19.5. The van der Waals surface area contributed by atoms with Crippen LogP contribution in [-0.4, -0.2) is 45.9 Å². The Morgan fingerprint density at radius 2 is 1.77 bits per heavy atom. The Labute approximate surface area is 177 Å². The third-order valence-electron chi connectivity index (χ3n) is 5.27. The molecule has 1 saturated heterocycles. The monoisotopic (exact) mass is 404 g/mol. The van der Waals surface area contributed by atoms with Crippen LogP contribution in [0.3, 0.4) is 0 Å². The average Bonchev–Trinajstić information content (AvgIpc) is 3.22. The van der Waals surface area contributed by atoms with Crippen LogP contribution in [0.1, 0.15) is 35.3 Å². The number of carbonyl (C=O) groups excluding carboxylic acids is 1. The number of benzene rings is 2. The zero-order chi connectivity index (χ0) is 20.9. The van der Waals surface area contributed by atoms with Crippen molar-refractivity contribution in [3.63, 3.8) is 0 Å². The van der Waals surface area contributed by atoms with E-state index in [9.17, 15) is 4.79 Å². The van der Waals surface area contributed by atoms with Crippen LogP contribution >= 0.6 is 0 Å². The second-order valence-electron chi connectivity index (χ2n) is 7.96. The molecule has 6 nitrogen and oxygen atoms in total. The van der Waals surface area contributed by atoms with Crippen molar-refractivity contribution in [1.29, 1.82) is 0 Å². The van der Waals surface area contributed by atoms with Crippen LogP contribution in [0.4, 0.5) is 5.69 Å². The van der Waals surface area contributed by atoms with Crippen molar-refractivity contribution in [3.8, 4) is 0 Å². The molecule has 1 aliphatic rings. The van der Waals surface area contributed by atoms with Crippen LogP contribution in [0.25, 0.3) is 0 Å². The number of hydrogen-bond acceptors (Lipinski definition) is 4. The lowest BCUT2D eigenvalue weighted by molar-refractivity contribution is -0.0704. The number of para-hydroxylation sites is 1. The summed E-state index contributed by atoms with van der Waals surface area (Å²) < 4.78 is 7.69. The van der Waals surface area contributed by atoms with Gasteiger partial charge in [0.2, 0.25) is 0 Å². The zero-order valence-corrected chi connectivity index (χ0v) is 17.5. The van der Waals surface area contributed by atoms with Gasteiger partial charge in [-0.25, -0.2) is 0 Å². The molecule has 4 rings (SSSR count). The van der Waals surface area contributed by atoms with E-state index in [1.165, 1.54) is 0 Å². The van der Waals surface area contributed by atoms with Crippen molar-refractivity contribution in [3.05, 3.63) is 83.7 Å². The summed E-state index contributed by atoms with van der Waals surface area (Å²) in [7, 11) is 0. The number of hydrogen-bond donors (Lipinski definition) is 1. The highest BCUT2D eigenvalue weighted by molar-refractivity contribution is 6.04. The Morgan fingerprint density at radius 3 is 2.47 bits per heavy atom. The molecule has 1 N–H and O–H groups in total. The van der Waals surface area contributed by atoms with Gasteiger partial charge in [-0.3, -0.25) is 14.4 Å². The molecule has 1 aliphatic heterocycles. The molecule has 2 unspecified atom stereocenters. The van der Waals surface area contributed by atoms with Gasteiger partial charge in [0.05, 0.1) is 18.8 Å².